The van der Waals surface area contributed by atoms with Crippen LogP contribution in [0.5, 0.6) is 0 Å². The number of nitrogens with zero attached hydrogens (tertiary/aromatic N) is 7. The summed E-state index contributed by atoms with van der Waals surface area (Å²) in [5.74, 6) is 0. The van der Waals surface area contributed by atoms with Crippen molar-refractivity contribution in [3.63, 3.8) is 0 Å². The fraction of sp³-hybridized carbons (Fsp3) is 0.0116. The molecule has 0 spiro atoms. The number of hydrogen-bond acceptors (Lipinski definition) is 0. The molecule has 0 N–H and O–H groups in total. The molecular weight excluding hydrogens is 1190 g/mol. The number of para-hydroxylation sites is 8. The van der Waals surface area contributed by atoms with Crippen molar-refractivity contribution in [3.05, 3.63) is 320 Å². The Balaban J connectivity index is 0.869. The highest BCUT2D eigenvalue weighted by Crippen LogP contribution is 2.47. The molecule has 0 unspecified atom stereocenters. The van der Waals surface area contributed by atoms with E-state index in [0.29, 0.717) is 28.2 Å². The molecule has 0 atom stereocenters. The number of aromatic nitrogens is 6. The Morgan fingerprint density at radius 1 is 0.229 bits per heavy atom. The fourth-order valence-corrected chi connectivity index (χ4v) is 16.0. The van der Waals surface area contributed by atoms with Crippen LogP contribution < -0.4 is 0 Å². The minimum absolute atomic E-state index is 0.340. The molecule has 0 radical (unpaired) electrons. The van der Waals surface area contributed by atoms with Gasteiger partial charge in [0.25, 0.3) is 0 Å². The van der Waals surface area contributed by atoms with Crippen LogP contribution in [-0.2, 0) is 6.18 Å². The van der Waals surface area contributed by atoms with Crippen LogP contribution >= 0.6 is 0 Å². The zero-order valence-electron chi connectivity index (χ0n) is 51.1. The van der Waals surface area contributed by atoms with Crippen LogP contribution in [0.25, 0.3) is 181 Å². The Morgan fingerprint density at radius 2 is 0.500 bits per heavy atom. The molecule has 6 heterocycles. The number of alkyl halides is 3. The third kappa shape index (κ3) is 7.65. The minimum Gasteiger partial charge on any atom is -0.310 e. The summed E-state index contributed by atoms with van der Waals surface area (Å²) in [6.07, 6.45) is -4.71. The van der Waals surface area contributed by atoms with E-state index in [2.05, 4.69) is 299 Å². The summed E-state index contributed by atoms with van der Waals surface area (Å²) < 4.78 is 61.0. The van der Waals surface area contributed by atoms with Crippen LogP contribution in [0, 0.1) is 6.57 Å². The topological polar surface area (TPSA) is 33.9 Å². The van der Waals surface area contributed by atoms with Gasteiger partial charge in [0.15, 0.2) is 5.69 Å². The molecule has 10 heteroatoms. The molecule has 0 aliphatic heterocycles. The van der Waals surface area contributed by atoms with Gasteiger partial charge in [0.2, 0.25) is 0 Å². The molecule has 20 aromatic rings. The van der Waals surface area contributed by atoms with E-state index >= 15 is 13.2 Å². The zero-order valence-corrected chi connectivity index (χ0v) is 51.1. The van der Waals surface area contributed by atoms with Gasteiger partial charge >= 0.3 is 6.18 Å². The first kappa shape index (κ1) is 53.8. The molecule has 20 rings (SSSR count). The highest BCUT2D eigenvalue weighted by atomic mass is 19.4. The predicted molar refractivity (Wildman–Crippen MR) is 389 cm³/mol. The van der Waals surface area contributed by atoms with Crippen LogP contribution in [0.2, 0.25) is 0 Å². The molecule has 450 valence electrons. The molecule has 0 saturated carbocycles. The second kappa shape index (κ2) is 20.1. The Bertz CT molecular complexity index is 6240. The number of fused-ring (bicyclic) bond motifs is 18. The lowest BCUT2D eigenvalue weighted by molar-refractivity contribution is -0.137. The van der Waals surface area contributed by atoms with Crippen LogP contribution in [0.4, 0.5) is 18.9 Å². The van der Waals surface area contributed by atoms with E-state index < -0.39 is 11.7 Å². The minimum atomic E-state index is -4.71. The zero-order chi connectivity index (χ0) is 63.7. The van der Waals surface area contributed by atoms with Gasteiger partial charge < -0.3 is 27.4 Å². The normalized spacial score (nSPS) is 12.3. The lowest BCUT2D eigenvalue weighted by Crippen LogP contribution is -2.08. The van der Waals surface area contributed by atoms with Crippen molar-refractivity contribution < 1.29 is 13.2 Å². The Hall–Kier alpha value is -12.8. The van der Waals surface area contributed by atoms with Crippen molar-refractivity contribution in [2.75, 3.05) is 0 Å². The fourth-order valence-electron chi connectivity index (χ4n) is 16.0. The first-order chi connectivity index (χ1) is 47.2. The largest absolute Gasteiger partial charge is 0.416 e. The summed E-state index contributed by atoms with van der Waals surface area (Å²) in [5.41, 5.74) is 17.0. The van der Waals surface area contributed by atoms with Crippen LogP contribution in [0.1, 0.15) is 5.56 Å². The van der Waals surface area contributed by atoms with Crippen molar-refractivity contribution in [3.8, 4) is 45.3 Å². The molecule has 0 fully saturated rings. The average Bonchev–Trinajstić information content (AvgIpc) is 1.54. The van der Waals surface area contributed by atoms with Gasteiger partial charge in [-0.2, -0.15) is 13.2 Å². The maximum absolute atomic E-state index is 15.8. The summed E-state index contributed by atoms with van der Waals surface area (Å²) >= 11 is 0. The second-order valence-corrected chi connectivity index (χ2v) is 25.0. The third-order valence-corrected chi connectivity index (χ3v) is 20.0. The van der Waals surface area contributed by atoms with Crippen molar-refractivity contribution in [2.24, 2.45) is 0 Å². The first-order valence-corrected chi connectivity index (χ1v) is 32.1. The van der Waals surface area contributed by atoms with E-state index in [9.17, 15) is 0 Å². The predicted octanol–water partition coefficient (Wildman–Crippen LogP) is 23.5. The summed E-state index contributed by atoms with van der Waals surface area (Å²) in [4.78, 5) is 4.03. The molecular formula is C86H50F3N7. The molecule has 0 aliphatic rings. The first-order valence-electron chi connectivity index (χ1n) is 32.1. The van der Waals surface area contributed by atoms with Gasteiger partial charge in [0, 0.05) is 104 Å². The van der Waals surface area contributed by atoms with E-state index in [1.54, 1.807) is 12.1 Å². The Kier molecular flexibility index (Phi) is 11.3. The summed E-state index contributed by atoms with van der Waals surface area (Å²) in [6.45, 7) is 8.57. The van der Waals surface area contributed by atoms with Crippen LogP contribution in [0.3, 0.4) is 0 Å². The van der Waals surface area contributed by atoms with E-state index in [-0.39, 0.29) is 0 Å². The van der Waals surface area contributed by atoms with Gasteiger partial charge in [-0.05, 0) is 146 Å². The SMILES string of the molecule is [C-]#[N+]c1ccc(-c2cc(C(F)(F)F)ccc2-n2c3ccc(-n4c5ccccc5c5ccccc54)cc3c3cc(-n4c5ccccc5c5ccccc54)ccc32)c(-n2c3ccc(-n4c5ccccc5c5ccccc54)cc3c3cc(-n4c5ccccc5c5ccccc54)ccc32)c1. The van der Waals surface area contributed by atoms with E-state index in [4.69, 9.17) is 6.57 Å². The molecule has 7 nitrogen and oxygen atoms in total. The molecule has 0 amide bonds. The van der Waals surface area contributed by atoms with E-state index in [1.807, 2.05) is 12.1 Å². The van der Waals surface area contributed by atoms with Gasteiger partial charge in [-0.15, -0.1) is 0 Å². The summed E-state index contributed by atoms with van der Waals surface area (Å²) in [5, 5.41) is 12.8. The van der Waals surface area contributed by atoms with Gasteiger partial charge in [0.05, 0.1) is 84.0 Å². The quantitative estimate of drug-likeness (QED) is 0.143. The average molecular weight is 1240 g/mol. The van der Waals surface area contributed by atoms with Crippen LogP contribution in [-0.4, -0.2) is 27.4 Å². The molecule has 0 aliphatic carbocycles. The van der Waals surface area contributed by atoms with Crippen molar-refractivity contribution >= 4 is 137 Å². The summed E-state index contributed by atoms with van der Waals surface area (Å²) in [7, 11) is 0. The molecule has 0 bridgehead atoms. The Morgan fingerprint density at radius 3 is 0.781 bits per heavy atom. The molecule has 0 saturated heterocycles. The van der Waals surface area contributed by atoms with Gasteiger partial charge in [-0.1, -0.05) is 158 Å². The number of rotatable bonds is 7. The number of halogens is 3. The maximum Gasteiger partial charge on any atom is 0.416 e. The monoisotopic (exact) mass is 1240 g/mol. The van der Waals surface area contributed by atoms with Crippen molar-refractivity contribution in [2.45, 2.75) is 6.18 Å². The van der Waals surface area contributed by atoms with E-state index in [0.717, 1.165) is 154 Å². The molecule has 6 aromatic heterocycles. The van der Waals surface area contributed by atoms with Crippen molar-refractivity contribution in [1.82, 2.24) is 27.4 Å². The Labute approximate surface area is 545 Å². The maximum atomic E-state index is 15.8. The van der Waals surface area contributed by atoms with Crippen LogP contribution in [0.15, 0.2) is 303 Å². The molecule has 14 aromatic carbocycles. The molecule has 96 heavy (non-hydrogen) atoms. The second-order valence-electron chi connectivity index (χ2n) is 25.0. The highest BCUT2D eigenvalue weighted by molar-refractivity contribution is 6.17. The van der Waals surface area contributed by atoms with Gasteiger partial charge in [-0.25, -0.2) is 4.85 Å². The standard InChI is InChI=1S/C86H50F3N7/c1-90-53-35-40-66(85(47-53)96-83-44-38-56(93-76-30-14-6-22-62(76)63-23-7-15-31-77(63)93)50-70(83)71-51-57(39-45-84(71)96)94-78-32-16-8-24-64(78)65-25-9-17-33-79(65)94)67-46-52(86(87,88)89)34-41-80(67)95-81-42-36-54(91-72-26-10-2-18-58(72)59-19-3-11-27-73(59)91)48-68(81)69-49-55(37-43-82(69)95)92-74-28-12-4-20-60(74)61-21-5-13-29-75(61)92/h2-51H. The number of hydrogen-bond donors (Lipinski definition) is 0. The van der Waals surface area contributed by atoms with Crippen molar-refractivity contribution in [1.29, 1.82) is 0 Å². The van der Waals surface area contributed by atoms with Gasteiger partial charge in [-0.3, -0.25) is 0 Å². The van der Waals surface area contributed by atoms with E-state index in [1.165, 1.54) is 12.1 Å². The lowest BCUT2D eigenvalue weighted by atomic mass is 9.97. The third-order valence-electron chi connectivity index (χ3n) is 20.0. The highest BCUT2D eigenvalue weighted by Gasteiger charge is 2.33. The lowest BCUT2D eigenvalue weighted by Gasteiger charge is -2.21. The number of benzene rings is 14. The smallest absolute Gasteiger partial charge is 0.310 e. The van der Waals surface area contributed by atoms with Gasteiger partial charge in [0.1, 0.15) is 0 Å². The summed E-state index contributed by atoms with van der Waals surface area (Å²) in [6, 6.07) is 103.